The first-order valence-corrected chi connectivity index (χ1v) is 9.88. The maximum atomic E-state index is 12.3. The van der Waals surface area contributed by atoms with E-state index in [0.717, 1.165) is 22.3 Å². The Kier molecular flexibility index (Phi) is 5.98. The van der Waals surface area contributed by atoms with E-state index in [1.54, 1.807) is 20.8 Å². The van der Waals surface area contributed by atoms with Crippen LogP contribution in [0.15, 0.2) is 48.5 Å². The van der Waals surface area contributed by atoms with Gasteiger partial charge in [0.25, 0.3) is 0 Å². The molecule has 1 aliphatic carbocycles. The molecule has 0 fully saturated rings. The lowest BCUT2D eigenvalue weighted by molar-refractivity contribution is -0.156. The van der Waals surface area contributed by atoms with E-state index in [-0.39, 0.29) is 18.3 Å². The fraction of sp³-hybridized carbons (Fsp3) is 0.364. The summed E-state index contributed by atoms with van der Waals surface area (Å²) in [4.78, 5) is 24.5. The third kappa shape index (κ3) is 4.50. The van der Waals surface area contributed by atoms with Gasteiger partial charge in [-0.2, -0.15) is 12.6 Å². The van der Waals surface area contributed by atoms with Gasteiger partial charge in [0.05, 0.1) is 0 Å². The maximum Gasteiger partial charge on any atom is 0.407 e. The summed E-state index contributed by atoms with van der Waals surface area (Å²) in [7, 11) is 0. The van der Waals surface area contributed by atoms with Gasteiger partial charge in [0.2, 0.25) is 0 Å². The van der Waals surface area contributed by atoms with Gasteiger partial charge in [0.15, 0.2) is 0 Å². The molecule has 3 rings (SSSR count). The lowest BCUT2D eigenvalue weighted by Crippen LogP contribution is -2.45. The number of hydrogen-bond acceptors (Lipinski definition) is 5. The summed E-state index contributed by atoms with van der Waals surface area (Å²) in [6.45, 7) is 5.50. The topological polar surface area (TPSA) is 64.6 Å². The van der Waals surface area contributed by atoms with E-state index in [1.165, 1.54) is 0 Å². The highest BCUT2D eigenvalue weighted by Crippen LogP contribution is 2.44. The van der Waals surface area contributed by atoms with Gasteiger partial charge in [-0.05, 0) is 43.0 Å². The Morgan fingerprint density at radius 3 is 2.07 bits per heavy atom. The van der Waals surface area contributed by atoms with Gasteiger partial charge in [-0.1, -0.05) is 48.5 Å². The zero-order chi connectivity index (χ0) is 20.3. The Morgan fingerprint density at radius 1 is 1.04 bits per heavy atom. The van der Waals surface area contributed by atoms with Crippen molar-refractivity contribution >= 4 is 24.7 Å². The molecule has 6 heteroatoms. The van der Waals surface area contributed by atoms with E-state index in [4.69, 9.17) is 9.47 Å². The molecular formula is C22H25NO4S. The highest BCUT2D eigenvalue weighted by molar-refractivity contribution is 7.80. The molecule has 0 spiro atoms. The van der Waals surface area contributed by atoms with Crippen molar-refractivity contribution in [3.05, 3.63) is 59.7 Å². The van der Waals surface area contributed by atoms with E-state index >= 15 is 0 Å². The van der Waals surface area contributed by atoms with Crippen molar-refractivity contribution in [1.82, 2.24) is 5.32 Å². The zero-order valence-corrected chi connectivity index (χ0v) is 17.2. The number of amides is 1. The van der Waals surface area contributed by atoms with Crippen molar-refractivity contribution in [3.63, 3.8) is 0 Å². The van der Waals surface area contributed by atoms with Crippen LogP contribution in [-0.4, -0.2) is 36.1 Å². The Morgan fingerprint density at radius 2 is 1.57 bits per heavy atom. The number of fused-ring (bicyclic) bond motifs is 3. The number of rotatable bonds is 5. The van der Waals surface area contributed by atoms with Crippen molar-refractivity contribution in [2.24, 2.45) is 0 Å². The van der Waals surface area contributed by atoms with Gasteiger partial charge >= 0.3 is 12.1 Å². The van der Waals surface area contributed by atoms with Crippen molar-refractivity contribution < 1.29 is 19.1 Å². The fourth-order valence-corrected chi connectivity index (χ4v) is 3.57. The number of nitrogens with one attached hydrogen (secondary N) is 1. The summed E-state index contributed by atoms with van der Waals surface area (Å²) < 4.78 is 10.8. The molecule has 0 radical (unpaired) electrons. The quantitative estimate of drug-likeness (QED) is 0.585. The second-order valence-electron chi connectivity index (χ2n) is 7.74. The number of ether oxygens (including phenoxy) is 2. The molecule has 2 aromatic carbocycles. The third-order valence-corrected chi connectivity index (χ3v) is 4.87. The van der Waals surface area contributed by atoms with Crippen LogP contribution in [0.5, 0.6) is 0 Å². The number of carbonyl (C=O) groups excluding carboxylic acids is 2. The van der Waals surface area contributed by atoms with Crippen molar-refractivity contribution in [3.8, 4) is 11.1 Å². The van der Waals surface area contributed by atoms with Crippen LogP contribution in [0.3, 0.4) is 0 Å². The summed E-state index contributed by atoms with van der Waals surface area (Å²) in [6, 6.07) is 15.4. The molecule has 1 atom stereocenters. The van der Waals surface area contributed by atoms with Crippen LogP contribution in [0.2, 0.25) is 0 Å². The first-order valence-electron chi connectivity index (χ1n) is 9.25. The molecule has 0 unspecified atom stereocenters. The largest absolute Gasteiger partial charge is 0.458 e. The van der Waals surface area contributed by atoms with Gasteiger partial charge in [-0.25, -0.2) is 9.59 Å². The number of benzene rings is 2. The molecule has 1 aliphatic rings. The molecule has 5 nitrogen and oxygen atoms in total. The van der Waals surface area contributed by atoms with Crippen LogP contribution in [0.4, 0.5) is 4.79 Å². The standard InChI is InChI=1S/C22H25NO4S/c1-22(2,3)27-20(24)19(13-28)23-21(25)26-12-18-16-10-6-4-8-14(16)15-9-5-7-11-17(15)18/h4-11,18-19,28H,12-13H2,1-3H3,(H,23,25)/t19-/m1/s1. The minimum Gasteiger partial charge on any atom is -0.458 e. The minimum atomic E-state index is -0.863. The molecule has 0 saturated carbocycles. The van der Waals surface area contributed by atoms with Crippen LogP contribution >= 0.6 is 12.6 Å². The lowest BCUT2D eigenvalue weighted by Gasteiger charge is -2.23. The fourth-order valence-electron chi connectivity index (χ4n) is 3.33. The number of esters is 1. The van der Waals surface area contributed by atoms with E-state index in [9.17, 15) is 9.59 Å². The molecule has 0 heterocycles. The van der Waals surface area contributed by atoms with Gasteiger partial charge in [0, 0.05) is 11.7 Å². The normalized spacial score (nSPS) is 14.0. The van der Waals surface area contributed by atoms with E-state index in [1.807, 2.05) is 24.3 Å². The molecule has 2 aromatic rings. The molecule has 1 N–H and O–H groups in total. The maximum absolute atomic E-state index is 12.3. The van der Waals surface area contributed by atoms with Crippen LogP contribution in [0, 0.1) is 0 Å². The highest BCUT2D eigenvalue weighted by atomic mass is 32.1. The van der Waals surface area contributed by atoms with E-state index < -0.39 is 23.7 Å². The summed E-state index contributed by atoms with van der Waals surface area (Å²) in [5.41, 5.74) is 3.95. The van der Waals surface area contributed by atoms with Crippen molar-refractivity contribution in [2.45, 2.75) is 38.3 Å². The Bertz CT molecular complexity index is 829. The monoisotopic (exact) mass is 399 g/mol. The predicted molar refractivity (Wildman–Crippen MR) is 112 cm³/mol. The number of alkyl carbamates (subject to hydrolysis) is 1. The molecular weight excluding hydrogens is 374 g/mol. The molecule has 0 saturated heterocycles. The molecule has 148 valence electrons. The molecule has 0 aromatic heterocycles. The van der Waals surface area contributed by atoms with Gasteiger partial charge in [0.1, 0.15) is 18.2 Å². The van der Waals surface area contributed by atoms with Crippen LogP contribution in [0.25, 0.3) is 11.1 Å². The van der Waals surface area contributed by atoms with Gasteiger partial charge < -0.3 is 14.8 Å². The average molecular weight is 400 g/mol. The zero-order valence-electron chi connectivity index (χ0n) is 16.3. The lowest BCUT2D eigenvalue weighted by atomic mass is 9.98. The van der Waals surface area contributed by atoms with Crippen LogP contribution in [0.1, 0.15) is 37.8 Å². The second-order valence-corrected chi connectivity index (χ2v) is 8.10. The van der Waals surface area contributed by atoms with Crippen LogP contribution < -0.4 is 5.32 Å². The van der Waals surface area contributed by atoms with Gasteiger partial charge in [-0.15, -0.1) is 0 Å². The summed E-state index contributed by atoms with van der Waals surface area (Å²) in [5, 5.41) is 2.55. The number of thiol groups is 1. The first kappa shape index (κ1) is 20.3. The molecule has 0 aliphatic heterocycles. The van der Waals surface area contributed by atoms with Crippen LogP contribution in [-0.2, 0) is 14.3 Å². The van der Waals surface area contributed by atoms with Crippen molar-refractivity contribution in [2.75, 3.05) is 12.4 Å². The Balaban J connectivity index is 1.65. The smallest absolute Gasteiger partial charge is 0.407 e. The summed E-state index contributed by atoms with van der Waals surface area (Å²) in [5.74, 6) is -0.441. The van der Waals surface area contributed by atoms with Crippen molar-refractivity contribution in [1.29, 1.82) is 0 Å². The second kappa shape index (κ2) is 8.27. The average Bonchev–Trinajstić information content (AvgIpc) is 2.97. The molecule has 0 bridgehead atoms. The summed E-state index contributed by atoms with van der Waals surface area (Å²) in [6.07, 6.45) is -0.660. The number of carbonyl (C=O) groups is 2. The SMILES string of the molecule is CC(C)(C)OC(=O)[C@@H](CS)NC(=O)OCC1c2ccccc2-c2ccccc21. The number of hydrogen-bond donors (Lipinski definition) is 2. The Hall–Kier alpha value is -2.47. The first-order chi connectivity index (χ1) is 13.3. The summed E-state index contributed by atoms with van der Waals surface area (Å²) >= 11 is 4.14. The van der Waals surface area contributed by atoms with Gasteiger partial charge in [-0.3, -0.25) is 0 Å². The molecule has 1 amide bonds. The minimum absolute atomic E-state index is 0.0332. The molecule has 28 heavy (non-hydrogen) atoms. The Labute approximate surface area is 170 Å². The highest BCUT2D eigenvalue weighted by Gasteiger charge is 2.30. The van der Waals surface area contributed by atoms with E-state index in [0.29, 0.717) is 0 Å². The van der Waals surface area contributed by atoms with E-state index in [2.05, 4.69) is 42.2 Å². The third-order valence-electron chi connectivity index (χ3n) is 4.51. The predicted octanol–water partition coefficient (Wildman–Crippen LogP) is 4.17.